The Morgan fingerprint density at radius 2 is 2.11 bits per heavy atom. The predicted molar refractivity (Wildman–Crippen MR) is 65.7 cm³/mol. The van der Waals surface area contributed by atoms with Gasteiger partial charge >= 0.3 is 5.97 Å². The molecule has 5 nitrogen and oxygen atoms in total. The SMILES string of the molecule is CCCCS(=O)(=O)Nc1cccc(F)c1C(=O)O. The number of nitrogens with one attached hydrogen (secondary N) is 1. The highest BCUT2D eigenvalue weighted by molar-refractivity contribution is 7.92. The molecule has 0 heterocycles. The number of hydrogen-bond donors (Lipinski definition) is 2. The molecule has 0 saturated carbocycles. The molecule has 100 valence electrons. The monoisotopic (exact) mass is 275 g/mol. The smallest absolute Gasteiger partial charge is 0.340 e. The molecule has 0 fully saturated rings. The van der Waals surface area contributed by atoms with Crippen molar-refractivity contribution in [3.05, 3.63) is 29.6 Å². The topological polar surface area (TPSA) is 83.5 Å². The maximum absolute atomic E-state index is 13.3. The Kier molecular flexibility index (Phi) is 4.66. The Hall–Kier alpha value is -1.63. The molecule has 0 saturated heterocycles. The van der Waals surface area contributed by atoms with Gasteiger partial charge in [0.15, 0.2) is 0 Å². The fraction of sp³-hybridized carbons (Fsp3) is 0.364. The van der Waals surface area contributed by atoms with Gasteiger partial charge in [-0.3, -0.25) is 4.72 Å². The molecule has 1 aromatic carbocycles. The second-order valence-corrected chi connectivity index (χ2v) is 5.58. The maximum atomic E-state index is 13.3. The molecular formula is C11H14FNO4S. The number of unbranched alkanes of at least 4 members (excludes halogenated alkanes) is 1. The molecule has 0 unspecified atom stereocenters. The second kappa shape index (κ2) is 5.81. The van der Waals surface area contributed by atoms with Gasteiger partial charge in [-0.25, -0.2) is 17.6 Å². The third-order valence-electron chi connectivity index (χ3n) is 2.26. The minimum absolute atomic E-state index is 0.126. The summed E-state index contributed by atoms with van der Waals surface area (Å²) in [5.74, 6) is -2.61. The number of aromatic carboxylic acids is 1. The number of benzene rings is 1. The van der Waals surface area contributed by atoms with Gasteiger partial charge in [-0.2, -0.15) is 0 Å². The first-order valence-corrected chi connectivity index (χ1v) is 7.05. The van der Waals surface area contributed by atoms with Crippen LogP contribution < -0.4 is 4.72 Å². The van der Waals surface area contributed by atoms with E-state index in [0.29, 0.717) is 12.8 Å². The summed E-state index contributed by atoms with van der Waals surface area (Å²) in [6.07, 6.45) is 1.14. The molecule has 0 bridgehead atoms. The Labute approximate surface area is 105 Å². The van der Waals surface area contributed by atoms with Gasteiger partial charge in [0.25, 0.3) is 0 Å². The highest BCUT2D eigenvalue weighted by Gasteiger charge is 2.19. The average Bonchev–Trinajstić information content (AvgIpc) is 2.25. The van der Waals surface area contributed by atoms with Crippen LogP contribution in [0.3, 0.4) is 0 Å². The zero-order valence-electron chi connectivity index (χ0n) is 9.81. The Bertz CT molecular complexity index is 542. The van der Waals surface area contributed by atoms with Crippen LogP contribution in [0.1, 0.15) is 30.1 Å². The van der Waals surface area contributed by atoms with Crippen molar-refractivity contribution in [2.24, 2.45) is 0 Å². The summed E-state index contributed by atoms with van der Waals surface area (Å²) < 4.78 is 38.6. The molecule has 2 N–H and O–H groups in total. The summed E-state index contributed by atoms with van der Waals surface area (Å²) in [6, 6.07) is 3.43. The van der Waals surface area contributed by atoms with Gasteiger partial charge in [0, 0.05) is 0 Å². The fourth-order valence-corrected chi connectivity index (χ4v) is 2.66. The van der Waals surface area contributed by atoms with E-state index in [-0.39, 0.29) is 11.4 Å². The zero-order chi connectivity index (χ0) is 13.8. The zero-order valence-corrected chi connectivity index (χ0v) is 10.6. The van der Waals surface area contributed by atoms with E-state index in [9.17, 15) is 17.6 Å². The maximum Gasteiger partial charge on any atom is 0.340 e. The van der Waals surface area contributed by atoms with Crippen LogP contribution in [0.4, 0.5) is 10.1 Å². The molecule has 0 aromatic heterocycles. The molecule has 0 radical (unpaired) electrons. The first-order valence-electron chi connectivity index (χ1n) is 5.39. The predicted octanol–water partition coefficient (Wildman–Crippen LogP) is 2.07. The van der Waals surface area contributed by atoms with E-state index < -0.39 is 27.4 Å². The summed E-state index contributed by atoms with van der Waals surface area (Å²) in [5.41, 5.74) is -0.920. The first kappa shape index (κ1) is 14.4. The highest BCUT2D eigenvalue weighted by Crippen LogP contribution is 2.20. The molecule has 18 heavy (non-hydrogen) atoms. The minimum atomic E-state index is -3.65. The third kappa shape index (κ3) is 3.69. The summed E-state index contributed by atoms with van der Waals surface area (Å²) in [5, 5.41) is 8.84. The van der Waals surface area contributed by atoms with E-state index in [1.807, 2.05) is 6.92 Å². The summed E-state index contributed by atoms with van der Waals surface area (Å²) in [7, 11) is -3.65. The van der Waals surface area contributed by atoms with Crippen molar-refractivity contribution in [1.29, 1.82) is 0 Å². The molecule has 0 aliphatic heterocycles. The van der Waals surface area contributed by atoms with Crippen LogP contribution in [0, 0.1) is 5.82 Å². The summed E-state index contributed by atoms with van der Waals surface area (Å²) >= 11 is 0. The third-order valence-corrected chi connectivity index (χ3v) is 3.62. The lowest BCUT2D eigenvalue weighted by Crippen LogP contribution is -2.19. The molecule has 0 aliphatic rings. The molecule has 0 amide bonds. The number of carboxylic acids is 1. The van der Waals surface area contributed by atoms with Gasteiger partial charge < -0.3 is 5.11 Å². The van der Waals surface area contributed by atoms with Crippen molar-refractivity contribution in [3.8, 4) is 0 Å². The number of rotatable bonds is 6. The average molecular weight is 275 g/mol. The summed E-state index contributed by atoms with van der Waals surface area (Å²) in [6.45, 7) is 1.83. The van der Waals surface area contributed by atoms with Crippen LogP contribution >= 0.6 is 0 Å². The van der Waals surface area contributed by atoms with Crippen LogP contribution in [-0.4, -0.2) is 25.2 Å². The van der Waals surface area contributed by atoms with Crippen molar-refractivity contribution in [2.75, 3.05) is 10.5 Å². The van der Waals surface area contributed by atoms with E-state index in [2.05, 4.69) is 4.72 Å². The standard InChI is InChI=1S/C11H14FNO4S/c1-2-3-7-18(16,17)13-9-6-4-5-8(12)10(9)11(14)15/h4-6,13H,2-3,7H2,1H3,(H,14,15). The molecule has 7 heteroatoms. The van der Waals surface area contributed by atoms with E-state index in [0.717, 1.165) is 6.07 Å². The molecule has 0 spiro atoms. The Balaban J connectivity index is 3.05. The second-order valence-electron chi connectivity index (χ2n) is 3.74. The number of carbonyl (C=O) groups is 1. The minimum Gasteiger partial charge on any atom is -0.478 e. The fourth-order valence-electron chi connectivity index (χ4n) is 1.38. The van der Waals surface area contributed by atoms with E-state index in [1.165, 1.54) is 12.1 Å². The molecule has 0 aliphatic carbocycles. The van der Waals surface area contributed by atoms with Crippen molar-refractivity contribution in [1.82, 2.24) is 0 Å². The van der Waals surface area contributed by atoms with Gasteiger partial charge in [0.05, 0.1) is 11.4 Å². The molecule has 1 rings (SSSR count). The lowest BCUT2D eigenvalue weighted by Gasteiger charge is -2.10. The number of carboxylic acid groups (broad SMARTS) is 1. The summed E-state index contributed by atoms with van der Waals surface area (Å²) in [4.78, 5) is 10.9. The van der Waals surface area contributed by atoms with Crippen LogP contribution in [0.15, 0.2) is 18.2 Å². The van der Waals surface area contributed by atoms with Gasteiger partial charge in [-0.05, 0) is 18.6 Å². The van der Waals surface area contributed by atoms with Gasteiger partial charge in [0.1, 0.15) is 11.4 Å². The largest absolute Gasteiger partial charge is 0.478 e. The Morgan fingerprint density at radius 3 is 2.67 bits per heavy atom. The van der Waals surface area contributed by atoms with Crippen LogP contribution in [0.25, 0.3) is 0 Å². The number of anilines is 1. The van der Waals surface area contributed by atoms with E-state index >= 15 is 0 Å². The first-order chi connectivity index (χ1) is 8.37. The highest BCUT2D eigenvalue weighted by atomic mass is 32.2. The van der Waals surface area contributed by atoms with E-state index in [1.54, 1.807) is 0 Å². The van der Waals surface area contributed by atoms with Crippen LogP contribution in [0.2, 0.25) is 0 Å². The van der Waals surface area contributed by atoms with Crippen LogP contribution in [-0.2, 0) is 10.0 Å². The molecular weight excluding hydrogens is 261 g/mol. The quantitative estimate of drug-likeness (QED) is 0.832. The van der Waals surface area contributed by atoms with Crippen LogP contribution in [0.5, 0.6) is 0 Å². The van der Waals surface area contributed by atoms with Crippen molar-refractivity contribution < 1.29 is 22.7 Å². The van der Waals surface area contributed by atoms with E-state index in [4.69, 9.17) is 5.11 Å². The number of halogens is 1. The van der Waals surface area contributed by atoms with Gasteiger partial charge in [-0.1, -0.05) is 19.4 Å². The van der Waals surface area contributed by atoms with Crippen molar-refractivity contribution >= 4 is 21.7 Å². The molecule has 1 aromatic rings. The Morgan fingerprint density at radius 1 is 1.44 bits per heavy atom. The van der Waals surface area contributed by atoms with Gasteiger partial charge in [0.2, 0.25) is 10.0 Å². The van der Waals surface area contributed by atoms with Gasteiger partial charge in [-0.15, -0.1) is 0 Å². The normalized spacial score (nSPS) is 11.2. The number of sulfonamides is 1. The lowest BCUT2D eigenvalue weighted by atomic mass is 10.2. The molecule has 0 atom stereocenters. The van der Waals surface area contributed by atoms with Crippen molar-refractivity contribution in [2.45, 2.75) is 19.8 Å². The lowest BCUT2D eigenvalue weighted by molar-refractivity contribution is 0.0693. The van der Waals surface area contributed by atoms with Crippen molar-refractivity contribution in [3.63, 3.8) is 0 Å². The number of hydrogen-bond acceptors (Lipinski definition) is 3.